The molecule has 0 bridgehead atoms. The van der Waals surface area contributed by atoms with Gasteiger partial charge in [-0.3, -0.25) is 4.79 Å². The van der Waals surface area contributed by atoms with Crippen molar-refractivity contribution < 1.29 is 9.32 Å². The normalized spacial score (nSPS) is 10.5. The molecule has 0 amide bonds. The summed E-state index contributed by atoms with van der Waals surface area (Å²) >= 11 is 5.88. The summed E-state index contributed by atoms with van der Waals surface area (Å²) in [6.45, 7) is 1.49. The minimum atomic E-state index is 0.00274. The van der Waals surface area contributed by atoms with Gasteiger partial charge < -0.3 is 4.52 Å². The average Bonchev–Trinajstić information content (AvgIpc) is 2.64. The SMILES string of the molecule is CC(=O)Cc1nc(Cc2cccc(Cl)c2)no1. The molecule has 0 saturated heterocycles. The first kappa shape index (κ1) is 11.8. The molecule has 0 saturated carbocycles. The summed E-state index contributed by atoms with van der Waals surface area (Å²) in [5.41, 5.74) is 1.01. The summed E-state index contributed by atoms with van der Waals surface area (Å²) in [5, 5.41) is 4.49. The highest BCUT2D eigenvalue weighted by molar-refractivity contribution is 6.30. The molecule has 88 valence electrons. The van der Waals surface area contributed by atoms with E-state index in [-0.39, 0.29) is 12.2 Å². The number of benzene rings is 1. The molecule has 0 spiro atoms. The van der Waals surface area contributed by atoms with Gasteiger partial charge in [0.25, 0.3) is 0 Å². The zero-order chi connectivity index (χ0) is 12.3. The Kier molecular flexibility index (Phi) is 3.54. The fourth-order valence-corrected chi connectivity index (χ4v) is 1.69. The minimum Gasteiger partial charge on any atom is -0.339 e. The number of hydrogen-bond donors (Lipinski definition) is 0. The molecule has 1 heterocycles. The Morgan fingerprint density at radius 2 is 2.29 bits per heavy atom. The summed E-state index contributed by atoms with van der Waals surface area (Å²) in [5.74, 6) is 0.918. The highest BCUT2D eigenvalue weighted by atomic mass is 35.5. The third-order valence-electron chi connectivity index (χ3n) is 2.16. The van der Waals surface area contributed by atoms with Crippen molar-refractivity contribution >= 4 is 17.4 Å². The van der Waals surface area contributed by atoms with Gasteiger partial charge in [-0.15, -0.1) is 0 Å². The molecular formula is C12H11ClN2O2. The number of nitrogens with zero attached hydrogens (tertiary/aromatic N) is 2. The quantitative estimate of drug-likeness (QED) is 0.836. The van der Waals surface area contributed by atoms with Crippen molar-refractivity contribution in [2.24, 2.45) is 0 Å². The van der Waals surface area contributed by atoms with Crippen molar-refractivity contribution in [3.8, 4) is 0 Å². The lowest BCUT2D eigenvalue weighted by molar-refractivity contribution is -0.116. The second-order valence-corrected chi connectivity index (χ2v) is 4.23. The fraction of sp³-hybridized carbons (Fsp3) is 0.250. The zero-order valence-corrected chi connectivity index (χ0v) is 10.1. The van der Waals surface area contributed by atoms with Gasteiger partial charge in [-0.25, -0.2) is 0 Å². The van der Waals surface area contributed by atoms with Crippen molar-refractivity contribution in [1.29, 1.82) is 0 Å². The van der Waals surface area contributed by atoms with E-state index in [1.165, 1.54) is 6.92 Å². The molecule has 4 nitrogen and oxygen atoms in total. The van der Waals surface area contributed by atoms with Crippen LogP contribution in [0.4, 0.5) is 0 Å². The molecule has 17 heavy (non-hydrogen) atoms. The molecule has 0 aliphatic heterocycles. The van der Waals surface area contributed by atoms with E-state index in [4.69, 9.17) is 16.1 Å². The van der Waals surface area contributed by atoms with Gasteiger partial charge in [-0.1, -0.05) is 28.9 Å². The molecule has 0 aliphatic carbocycles. The highest BCUT2D eigenvalue weighted by Gasteiger charge is 2.09. The Balaban J connectivity index is 2.08. The van der Waals surface area contributed by atoms with E-state index in [0.29, 0.717) is 23.2 Å². The Labute approximate surface area is 104 Å². The van der Waals surface area contributed by atoms with Gasteiger partial charge in [0.1, 0.15) is 5.78 Å². The smallest absolute Gasteiger partial charge is 0.234 e. The number of halogens is 1. The van der Waals surface area contributed by atoms with Crippen LogP contribution in [0.25, 0.3) is 0 Å². The average molecular weight is 251 g/mol. The van der Waals surface area contributed by atoms with Crippen molar-refractivity contribution in [2.45, 2.75) is 19.8 Å². The fourth-order valence-electron chi connectivity index (χ4n) is 1.48. The third-order valence-corrected chi connectivity index (χ3v) is 2.40. The number of carbonyl (C=O) groups excluding carboxylic acids is 1. The molecule has 0 atom stereocenters. The van der Waals surface area contributed by atoms with Gasteiger partial charge in [0, 0.05) is 11.4 Å². The number of aromatic nitrogens is 2. The minimum absolute atomic E-state index is 0.00274. The van der Waals surface area contributed by atoms with Crippen LogP contribution >= 0.6 is 11.6 Å². The number of carbonyl (C=O) groups is 1. The lowest BCUT2D eigenvalue weighted by atomic mass is 10.1. The summed E-state index contributed by atoms with van der Waals surface area (Å²) in [6, 6.07) is 7.46. The topological polar surface area (TPSA) is 56.0 Å². The van der Waals surface area contributed by atoms with Crippen molar-refractivity contribution in [2.75, 3.05) is 0 Å². The number of Topliss-reactive ketones (excluding diaryl/α,β-unsaturated/α-hetero) is 1. The molecule has 1 aromatic heterocycles. The van der Waals surface area contributed by atoms with Crippen LogP contribution in [0.1, 0.15) is 24.2 Å². The second-order valence-electron chi connectivity index (χ2n) is 3.79. The van der Waals surface area contributed by atoms with E-state index in [9.17, 15) is 4.79 Å². The van der Waals surface area contributed by atoms with E-state index in [2.05, 4.69) is 10.1 Å². The van der Waals surface area contributed by atoms with Crippen LogP contribution in [-0.4, -0.2) is 15.9 Å². The van der Waals surface area contributed by atoms with Gasteiger partial charge in [-0.05, 0) is 24.6 Å². The van der Waals surface area contributed by atoms with E-state index >= 15 is 0 Å². The summed E-state index contributed by atoms with van der Waals surface area (Å²) in [6.07, 6.45) is 0.727. The van der Waals surface area contributed by atoms with E-state index in [1.807, 2.05) is 24.3 Å². The standard InChI is InChI=1S/C12H11ClN2O2/c1-8(16)5-12-14-11(15-17-12)7-9-3-2-4-10(13)6-9/h2-4,6H,5,7H2,1H3. The lowest BCUT2D eigenvalue weighted by Crippen LogP contribution is -1.97. The van der Waals surface area contributed by atoms with Gasteiger partial charge in [-0.2, -0.15) is 4.98 Å². The third kappa shape index (κ3) is 3.39. The highest BCUT2D eigenvalue weighted by Crippen LogP contribution is 2.13. The molecule has 0 N–H and O–H groups in total. The molecule has 0 aliphatic rings. The van der Waals surface area contributed by atoms with Gasteiger partial charge in [0.2, 0.25) is 5.89 Å². The summed E-state index contributed by atoms with van der Waals surface area (Å²) in [7, 11) is 0. The summed E-state index contributed by atoms with van der Waals surface area (Å²) in [4.78, 5) is 15.0. The largest absolute Gasteiger partial charge is 0.339 e. The summed E-state index contributed by atoms with van der Waals surface area (Å²) < 4.78 is 4.96. The maximum absolute atomic E-state index is 10.9. The van der Waals surface area contributed by atoms with Gasteiger partial charge >= 0.3 is 0 Å². The van der Waals surface area contributed by atoms with Crippen LogP contribution in [0.2, 0.25) is 5.02 Å². The van der Waals surface area contributed by atoms with Crippen LogP contribution < -0.4 is 0 Å². The first-order chi connectivity index (χ1) is 8.13. The molecular weight excluding hydrogens is 240 g/mol. The van der Waals surface area contributed by atoms with Gasteiger partial charge in [0.15, 0.2) is 5.82 Å². The van der Waals surface area contributed by atoms with Crippen LogP contribution in [0.5, 0.6) is 0 Å². The van der Waals surface area contributed by atoms with Gasteiger partial charge in [0.05, 0.1) is 6.42 Å². The Bertz CT molecular complexity index is 537. The van der Waals surface area contributed by atoms with E-state index in [0.717, 1.165) is 5.56 Å². The Hall–Kier alpha value is -1.68. The number of hydrogen-bond acceptors (Lipinski definition) is 4. The van der Waals surface area contributed by atoms with E-state index < -0.39 is 0 Å². The predicted molar refractivity (Wildman–Crippen MR) is 62.9 cm³/mol. The number of ketones is 1. The van der Waals surface area contributed by atoms with Crippen LogP contribution in [0.15, 0.2) is 28.8 Å². The molecule has 1 aromatic carbocycles. The van der Waals surface area contributed by atoms with Crippen LogP contribution in [0, 0.1) is 0 Å². The monoisotopic (exact) mass is 250 g/mol. The molecule has 0 fully saturated rings. The van der Waals surface area contributed by atoms with Crippen LogP contribution in [0.3, 0.4) is 0 Å². The predicted octanol–water partition coefficient (Wildman–Crippen LogP) is 2.45. The van der Waals surface area contributed by atoms with Crippen molar-refractivity contribution in [1.82, 2.24) is 10.1 Å². The molecule has 0 unspecified atom stereocenters. The Morgan fingerprint density at radius 3 is 3.00 bits per heavy atom. The molecule has 5 heteroatoms. The molecule has 2 aromatic rings. The Morgan fingerprint density at radius 1 is 1.47 bits per heavy atom. The zero-order valence-electron chi connectivity index (χ0n) is 9.31. The number of rotatable bonds is 4. The first-order valence-corrected chi connectivity index (χ1v) is 5.56. The van der Waals surface area contributed by atoms with Crippen molar-refractivity contribution in [3.63, 3.8) is 0 Å². The molecule has 0 radical (unpaired) electrons. The lowest BCUT2D eigenvalue weighted by Gasteiger charge is -1.96. The van der Waals surface area contributed by atoms with Crippen molar-refractivity contribution in [3.05, 3.63) is 46.6 Å². The maximum Gasteiger partial charge on any atom is 0.234 e. The van der Waals surface area contributed by atoms with Crippen LogP contribution in [-0.2, 0) is 17.6 Å². The first-order valence-electron chi connectivity index (χ1n) is 5.19. The second kappa shape index (κ2) is 5.10. The molecule has 2 rings (SSSR count). The van der Waals surface area contributed by atoms with E-state index in [1.54, 1.807) is 0 Å². The maximum atomic E-state index is 10.9.